The quantitative estimate of drug-likeness (QED) is 0.775. The number of alkyl halides is 3. The smallest absolute Gasteiger partial charge is 0.310 e. The standard InChI is InChI=1S/C13H15BrF3N/c1-3-5-12(18-4-2)10-8-9(13(15,16)17)6-7-11(10)14/h3,6-8,12,18H,1,4-5H2,2H3. The van der Waals surface area contributed by atoms with E-state index < -0.39 is 11.7 Å². The van der Waals surface area contributed by atoms with Crippen LogP contribution in [-0.4, -0.2) is 6.54 Å². The average molecular weight is 322 g/mol. The first-order chi connectivity index (χ1) is 8.40. The van der Waals surface area contributed by atoms with Gasteiger partial charge in [-0.25, -0.2) is 0 Å². The van der Waals surface area contributed by atoms with Gasteiger partial charge >= 0.3 is 6.18 Å². The van der Waals surface area contributed by atoms with Crippen LogP contribution in [-0.2, 0) is 6.18 Å². The molecule has 0 heterocycles. The lowest BCUT2D eigenvalue weighted by Crippen LogP contribution is -2.21. The Kier molecular flexibility index (Phi) is 5.41. The van der Waals surface area contributed by atoms with Crippen LogP contribution in [0.5, 0.6) is 0 Å². The first-order valence-corrected chi connectivity index (χ1v) is 6.40. The largest absolute Gasteiger partial charge is 0.416 e. The van der Waals surface area contributed by atoms with Gasteiger partial charge in [0.25, 0.3) is 0 Å². The zero-order chi connectivity index (χ0) is 13.8. The molecule has 1 nitrogen and oxygen atoms in total. The Morgan fingerprint density at radius 2 is 2.11 bits per heavy atom. The highest BCUT2D eigenvalue weighted by Crippen LogP contribution is 2.34. The summed E-state index contributed by atoms with van der Waals surface area (Å²) in [7, 11) is 0. The first kappa shape index (κ1) is 15.2. The van der Waals surface area contributed by atoms with E-state index >= 15 is 0 Å². The van der Waals surface area contributed by atoms with Crippen molar-refractivity contribution in [3.8, 4) is 0 Å². The van der Waals surface area contributed by atoms with E-state index in [1.807, 2.05) is 6.92 Å². The molecule has 0 aromatic heterocycles. The monoisotopic (exact) mass is 321 g/mol. The molecular formula is C13H15BrF3N. The van der Waals surface area contributed by atoms with Gasteiger partial charge in [-0.15, -0.1) is 6.58 Å². The summed E-state index contributed by atoms with van der Waals surface area (Å²) in [6.45, 7) is 6.23. The Hall–Kier alpha value is -0.810. The van der Waals surface area contributed by atoms with Crippen LogP contribution in [0.3, 0.4) is 0 Å². The van der Waals surface area contributed by atoms with Gasteiger partial charge in [-0.2, -0.15) is 13.2 Å². The van der Waals surface area contributed by atoms with Crippen molar-refractivity contribution in [1.82, 2.24) is 5.32 Å². The Balaban J connectivity index is 3.15. The second kappa shape index (κ2) is 6.38. The summed E-state index contributed by atoms with van der Waals surface area (Å²) < 4.78 is 38.7. The summed E-state index contributed by atoms with van der Waals surface area (Å²) in [5.41, 5.74) is -0.0285. The van der Waals surface area contributed by atoms with Gasteiger partial charge in [0.1, 0.15) is 0 Å². The Morgan fingerprint density at radius 1 is 1.44 bits per heavy atom. The summed E-state index contributed by atoms with van der Waals surface area (Å²) in [4.78, 5) is 0. The van der Waals surface area contributed by atoms with Crippen molar-refractivity contribution >= 4 is 15.9 Å². The molecule has 0 saturated heterocycles. The summed E-state index contributed by atoms with van der Waals surface area (Å²) in [6, 6.07) is 3.53. The van der Waals surface area contributed by atoms with Crippen molar-refractivity contribution < 1.29 is 13.2 Å². The van der Waals surface area contributed by atoms with E-state index in [2.05, 4.69) is 27.8 Å². The molecule has 1 rings (SSSR count). The molecule has 5 heteroatoms. The number of nitrogens with one attached hydrogen (secondary N) is 1. The van der Waals surface area contributed by atoms with Crippen molar-refractivity contribution in [3.63, 3.8) is 0 Å². The van der Waals surface area contributed by atoms with E-state index in [1.54, 1.807) is 6.08 Å². The van der Waals surface area contributed by atoms with Crippen molar-refractivity contribution in [2.75, 3.05) is 6.54 Å². The fourth-order valence-electron chi connectivity index (χ4n) is 1.72. The van der Waals surface area contributed by atoms with Crippen LogP contribution < -0.4 is 5.32 Å². The normalized spacial score (nSPS) is 13.4. The predicted octanol–water partition coefficient (Wildman–Crippen LogP) is 4.69. The van der Waals surface area contributed by atoms with Gasteiger partial charge in [-0.1, -0.05) is 28.9 Å². The van der Waals surface area contributed by atoms with Gasteiger partial charge in [-0.05, 0) is 36.7 Å². The van der Waals surface area contributed by atoms with Crippen molar-refractivity contribution in [1.29, 1.82) is 0 Å². The molecule has 0 saturated carbocycles. The highest BCUT2D eigenvalue weighted by molar-refractivity contribution is 9.10. The fourth-order valence-corrected chi connectivity index (χ4v) is 2.24. The summed E-state index contributed by atoms with van der Waals surface area (Å²) in [5.74, 6) is 0. The molecule has 18 heavy (non-hydrogen) atoms. The minimum atomic E-state index is -4.32. The summed E-state index contributed by atoms with van der Waals surface area (Å²) >= 11 is 3.30. The second-order valence-corrected chi connectivity index (χ2v) is 4.72. The van der Waals surface area contributed by atoms with E-state index in [9.17, 15) is 13.2 Å². The first-order valence-electron chi connectivity index (χ1n) is 5.61. The molecule has 100 valence electrons. The van der Waals surface area contributed by atoms with E-state index in [1.165, 1.54) is 12.1 Å². The number of hydrogen-bond acceptors (Lipinski definition) is 1. The van der Waals surface area contributed by atoms with Crippen LogP contribution in [0.25, 0.3) is 0 Å². The Labute approximate surface area is 113 Å². The molecule has 0 amide bonds. The average Bonchev–Trinajstić information content (AvgIpc) is 2.28. The third-order valence-corrected chi connectivity index (χ3v) is 3.27. The van der Waals surface area contributed by atoms with Gasteiger partial charge in [0.2, 0.25) is 0 Å². The number of halogens is 4. The van der Waals surface area contributed by atoms with E-state index in [4.69, 9.17) is 0 Å². The lowest BCUT2D eigenvalue weighted by Gasteiger charge is -2.19. The van der Waals surface area contributed by atoms with Crippen LogP contribution in [0.1, 0.15) is 30.5 Å². The van der Waals surface area contributed by atoms with E-state index in [0.717, 1.165) is 6.07 Å². The number of hydrogen-bond donors (Lipinski definition) is 1. The minimum absolute atomic E-state index is 0.163. The molecule has 0 spiro atoms. The molecule has 0 bridgehead atoms. The second-order valence-electron chi connectivity index (χ2n) is 3.87. The molecule has 0 radical (unpaired) electrons. The van der Waals surface area contributed by atoms with Gasteiger partial charge in [-0.3, -0.25) is 0 Å². The number of benzene rings is 1. The molecule has 0 fully saturated rings. The van der Waals surface area contributed by atoms with Crippen LogP contribution >= 0.6 is 15.9 Å². The van der Waals surface area contributed by atoms with Crippen LogP contribution in [0.15, 0.2) is 35.3 Å². The van der Waals surface area contributed by atoms with Crippen molar-refractivity contribution in [2.45, 2.75) is 25.6 Å². The summed E-state index contributed by atoms with van der Waals surface area (Å²) in [6.07, 6.45) is -2.05. The van der Waals surface area contributed by atoms with Crippen LogP contribution in [0, 0.1) is 0 Å². The van der Waals surface area contributed by atoms with Gasteiger partial charge in [0, 0.05) is 10.5 Å². The maximum absolute atomic E-state index is 12.7. The molecule has 1 N–H and O–H groups in total. The number of rotatable bonds is 5. The van der Waals surface area contributed by atoms with Gasteiger partial charge in [0.15, 0.2) is 0 Å². The molecular weight excluding hydrogens is 307 g/mol. The van der Waals surface area contributed by atoms with Gasteiger partial charge < -0.3 is 5.32 Å². The molecule has 1 atom stereocenters. The van der Waals surface area contributed by atoms with Crippen LogP contribution in [0.2, 0.25) is 0 Å². The molecule has 1 aromatic carbocycles. The third kappa shape index (κ3) is 3.85. The third-order valence-electron chi connectivity index (χ3n) is 2.55. The lowest BCUT2D eigenvalue weighted by molar-refractivity contribution is -0.137. The maximum Gasteiger partial charge on any atom is 0.416 e. The highest BCUT2D eigenvalue weighted by Gasteiger charge is 2.31. The predicted molar refractivity (Wildman–Crippen MR) is 70.4 cm³/mol. The zero-order valence-electron chi connectivity index (χ0n) is 10.0. The Bertz CT molecular complexity index is 415. The van der Waals surface area contributed by atoms with E-state index in [-0.39, 0.29) is 6.04 Å². The van der Waals surface area contributed by atoms with Crippen molar-refractivity contribution in [2.24, 2.45) is 0 Å². The topological polar surface area (TPSA) is 12.0 Å². The van der Waals surface area contributed by atoms with Crippen LogP contribution in [0.4, 0.5) is 13.2 Å². The molecule has 1 aromatic rings. The SMILES string of the molecule is C=CCC(NCC)c1cc(C(F)(F)F)ccc1Br. The molecule has 0 aliphatic carbocycles. The molecule has 0 aliphatic heterocycles. The zero-order valence-corrected chi connectivity index (χ0v) is 11.6. The molecule has 1 unspecified atom stereocenters. The fraction of sp³-hybridized carbons (Fsp3) is 0.385. The Morgan fingerprint density at radius 3 is 2.61 bits per heavy atom. The summed E-state index contributed by atoms with van der Waals surface area (Å²) in [5, 5.41) is 3.15. The van der Waals surface area contributed by atoms with E-state index in [0.29, 0.717) is 23.0 Å². The lowest BCUT2D eigenvalue weighted by atomic mass is 10.0. The molecule has 0 aliphatic rings. The minimum Gasteiger partial charge on any atom is -0.310 e. The highest BCUT2D eigenvalue weighted by atomic mass is 79.9. The van der Waals surface area contributed by atoms with Crippen molar-refractivity contribution in [3.05, 3.63) is 46.5 Å². The maximum atomic E-state index is 12.7. The van der Waals surface area contributed by atoms with Gasteiger partial charge in [0.05, 0.1) is 5.56 Å².